The number of hydrogen-bond donors (Lipinski definition) is 0. The first-order valence-corrected chi connectivity index (χ1v) is 6.79. The topological polar surface area (TPSA) is 15.7 Å². The number of rotatable bonds is 1. The Morgan fingerprint density at radius 1 is 1.06 bits per heavy atom. The summed E-state index contributed by atoms with van der Waals surface area (Å²) in [5.41, 5.74) is 0.197. The van der Waals surface area contributed by atoms with Crippen molar-refractivity contribution in [1.29, 1.82) is 0 Å². The summed E-state index contributed by atoms with van der Waals surface area (Å²) in [7, 11) is 2.15. The van der Waals surface area contributed by atoms with E-state index in [1.807, 2.05) is 27.7 Å². The molecule has 2 aliphatic heterocycles. The molecule has 0 aromatic rings. The third-order valence-corrected chi connectivity index (χ3v) is 2.89. The summed E-state index contributed by atoms with van der Waals surface area (Å²) in [6.45, 7) is 16.8. The van der Waals surface area contributed by atoms with Crippen molar-refractivity contribution >= 4 is 0 Å². The van der Waals surface area contributed by atoms with Gasteiger partial charge in [0.15, 0.2) is 0 Å². The fraction of sp³-hybridized carbons (Fsp3) is 1.00. The number of likely N-dealkylation sites (N-methyl/N-ethyl adjacent to an activating group) is 2. The lowest BCUT2D eigenvalue weighted by molar-refractivity contribution is -0.176. The van der Waals surface area contributed by atoms with Crippen LogP contribution in [0.5, 0.6) is 0 Å². The van der Waals surface area contributed by atoms with Gasteiger partial charge in [0.25, 0.3) is 0 Å². The number of morpholine rings is 1. The van der Waals surface area contributed by atoms with E-state index in [0.29, 0.717) is 0 Å². The van der Waals surface area contributed by atoms with Gasteiger partial charge in [-0.05, 0) is 13.6 Å². The molecule has 98 valence electrons. The molecule has 2 saturated heterocycles. The van der Waals surface area contributed by atoms with E-state index >= 15 is 0 Å². The van der Waals surface area contributed by atoms with Gasteiger partial charge in [-0.15, -0.1) is 0 Å². The van der Waals surface area contributed by atoms with Gasteiger partial charge in [0, 0.05) is 26.2 Å². The van der Waals surface area contributed by atoms with Gasteiger partial charge < -0.3 is 9.64 Å². The highest BCUT2D eigenvalue weighted by Crippen LogP contribution is 2.27. The maximum absolute atomic E-state index is 5.82. The molecule has 0 atom stereocenters. The smallest absolute Gasteiger partial charge is 0.106 e. The zero-order chi connectivity index (χ0) is 12.6. The van der Waals surface area contributed by atoms with E-state index in [1.165, 1.54) is 0 Å². The fourth-order valence-corrected chi connectivity index (χ4v) is 2.32. The lowest BCUT2D eigenvalue weighted by Gasteiger charge is -2.52. The van der Waals surface area contributed by atoms with Crippen molar-refractivity contribution < 1.29 is 4.74 Å². The molecular formula is C13H30N2O. The van der Waals surface area contributed by atoms with Crippen molar-refractivity contribution in [2.45, 2.75) is 40.2 Å². The van der Waals surface area contributed by atoms with Crippen LogP contribution in [0.1, 0.15) is 34.6 Å². The zero-order valence-electron chi connectivity index (χ0n) is 12.0. The molecule has 0 aliphatic carbocycles. The third kappa shape index (κ3) is 4.04. The van der Waals surface area contributed by atoms with Crippen LogP contribution in [0.2, 0.25) is 0 Å². The highest BCUT2D eigenvalue weighted by molar-refractivity contribution is 4.99. The van der Waals surface area contributed by atoms with E-state index < -0.39 is 0 Å². The Labute approximate surface area is 102 Å². The predicted molar refractivity (Wildman–Crippen MR) is 71.0 cm³/mol. The maximum Gasteiger partial charge on any atom is 0.106 e. The van der Waals surface area contributed by atoms with Crippen molar-refractivity contribution in [2.75, 3.05) is 46.4 Å². The van der Waals surface area contributed by atoms with Crippen LogP contribution in [0.25, 0.3) is 0 Å². The molecule has 2 aliphatic rings. The van der Waals surface area contributed by atoms with Crippen LogP contribution in [0, 0.1) is 0 Å². The van der Waals surface area contributed by atoms with Gasteiger partial charge in [-0.2, -0.15) is 0 Å². The first-order valence-electron chi connectivity index (χ1n) is 6.79. The van der Waals surface area contributed by atoms with Gasteiger partial charge in [-0.25, -0.2) is 0 Å². The Balaban J connectivity index is 0.000000509. The molecule has 0 amide bonds. The Bertz CT molecular complexity index is 162. The zero-order valence-corrected chi connectivity index (χ0v) is 12.0. The van der Waals surface area contributed by atoms with Crippen molar-refractivity contribution in [3.8, 4) is 0 Å². The molecule has 0 unspecified atom stereocenters. The number of likely N-dealkylation sites (tertiary alicyclic amines) is 1. The highest BCUT2D eigenvalue weighted by atomic mass is 16.5. The van der Waals surface area contributed by atoms with Gasteiger partial charge in [0.1, 0.15) is 5.60 Å². The Morgan fingerprint density at radius 2 is 1.62 bits per heavy atom. The standard InChI is InChI=1S/C9H18N2O.2C2H6/c1-3-11-4-5-12-9(8-11)6-10(2)7-9;2*1-2/h3-8H2,1-2H3;2*1-2H3. The quantitative estimate of drug-likeness (QED) is 0.686. The molecule has 0 radical (unpaired) electrons. The van der Waals surface area contributed by atoms with E-state index in [-0.39, 0.29) is 5.60 Å². The van der Waals surface area contributed by atoms with E-state index in [9.17, 15) is 0 Å². The molecule has 0 aromatic heterocycles. The molecule has 16 heavy (non-hydrogen) atoms. The molecule has 0 N–H and O–H groups in total. The van der Waals surface area contributed by atoms with Gasteiger partial charge >= 0.3 is 0 Å². The van der Waals surface area contributed by atoms with Crippen molar-refractivity contribution in [1.82, 2.24) is 9.80 Å². The Kier molecular flexibility index (Phi) is 7.98. The number of nitrogens with zero attached hydrogens (tertiary/aromatic N) is 2. The van der Waals surface area contributed by atoms with E-state index in [4.69, 9.17) is 4.74 Å². The van der Waals surface area contributed by atoms with Crippen LogP contribution in [-0.2, 0) is 4.74 Å². The average molecular weight is 230 g/mol. The summed E-state index contributed by atoms with van der Waals surface area (Å²) in [4.78, 5) is 4.80. The summed E-state index contributed by atoms with van der Waals surface area (Å²) in [6, 6.07) is 0. The van der Waals surface area contributed by atoms with Crippen LogP contribution >= 0.6 is 0 Å². The van der Waals surface area contributed by atoms with Crippen LogP contribution in [0.4, 0.5) is 0 Å². The summed E-state index contributed by atoms with van der Waals surface area (Å²) >= 11 is 0. The van der Waals surface area contributed by atoms with Crippen molar-refractivity contribution in [3.63, 3.8) is 0 Å². The van der Waals surface area contributed by atoms with Crippen molar-refractivity contribution in [2.24, 2.45) is 0 Å². The highest BCUT2D eigenvalue weighted by Gasteiger charge is 2.45. The van der Waals surface area contributed by atoms with E-state index in [1.54, 1.807) is 0 Å². The number of hydrogen-bond acceptors (Lipinski definition) is 3. The normalized spacial score (nSPS) is 23.6. The second-order valence-electron chi connectivity index (χ2n) is 4.07. The van der Waals surface area contributed by atoms with Crippen molar-refractivity contribution in [3.05, 3.63) is 0 Å². The second-order valence-corrected chi connectivity index (χ2v) is 4.07. The molecule has 3 heteroatoms. The first kappa shape index (κ1) is 15.9. The number of ether oxygens (including phenoxy) is 1. The van der Waals surface area contributed by atoms with Gasteiger partial charge in [0.2, 0.25) is 0 Å². The minimum atomic E-state index is 0.197. The lowest BCUT2D eigenvalue weighted by atomic mass is 9.92. The minimum absolute atomic E-state index is 0.197. The predicted octanol–water partition coefficient (Wildman–Crippen LogP) is 2.08. The Morgan fingerprint density at radius 3 is 2.06 bits per heavy atom. The van der Waals surface area contributed by atoms with Gasteiger partial charge in [-0.1, -0.05) is 34.6 Å². The molecule has 2 rings (SSSR count). The Hall–Kier alpha value is -0.120. The van der Waals surface area contributed by atoms with Crippen LogP contribution in [0.3, 0.4) is 0 Å². The fourth-order valence-electron chi connectivity index (χ4n) is 2.32. The monoisotopic (exact) mass is 230 g/mol. The van der Waals surface area contributed by atoms with Crippen LogP contribution in [0.15, 0.2) is 0 Å². The summed E-state index contributed by atoms with van der Waals surface area (Å²) in [5.74, 6) is 0. The van der Waals surface area contributed by atoms with E-state index in [2.05, 4.69) is 23.8 Å². The van der Waals surface area contributed by atoms with Crippen LogP contribution < -0.4 is 0 Å². The minimum Gasteiger partial charge on any atom is -0.370 e. The summed E-state index contributed by atoms with van der Waals surface area (Å²) in [5, 5.41) is 0. The average Bonchev–Trinajstić information content (AvgIpc) is 2.33. The molecule has 0 saturated carbocycles. The first-order chi connectivity index (χ1) is 7.74. The molecule has 2 fully saturated rings. The molecular weight excluding hydrogens is 200 g/mol. The third-order valence-electron chi connectivity index (χ3n) is 2.89. The molecule has 1 spiro atoms. The lowest BCUT2D eigenvalue weighted by Crippen LogP contribution is -2.68. The summed E-state index contributed by atoms with van der Waals surface area (Å²) in [6.07, 6.45) is 0. The SMILES string of the molecule is CC.CC.CCN1CCOC2(CN(C)C2)C1. The molecule has 2 heterocycles. The molecule has 0 aromatic carbocycles. The van der Waals surface area contributed by atoms with E-state index in [0.717, 1.165) is 39.3 Å². The second kappa shape index (κ2) is 8.04. The largest absolute Gasteiger partial charge is 0.370 e. The van der Waals surface area contributed by atoms with Crippen LogP contribution in [-0.4, -0.2) is 61.8 Å². The van der Waals surface area contributed by atoms with Gasteiger partial charge in [0.05, 0.1) is 6.61 Å². The van der Waals surface area contributed by atoms with Gasteiger partial charge in [-0.3, -0.25) is 4.90 Å². The molecule has 0 bridgehead atoms. The maximum atomic E-state index is 5.82. The summed E-state index contributed by atoms with van der Waals surface area (Å²) < 4.78 is 5.82. The molecule has 3 nitrogen and oxygen atoms in total.